The Kier molecular flexibility index (Phi) is 3.26. The highest BCUT2D eigenvalue weighted by molar-refractivity contribution is 7.89. The third kappa shape index (κ3) is 2.66. The number of nitrogens with one attached hydrogen (secondary N) is 1. The summed E-state index contributed by atoms with van der Waals surface area (Å²) in [4.78, 5) is 0.271. The molecule has 1 aliphatic carbocycles. The summed E-state index contributed by atoms with van der Waals surface area (Å²) >= 11 is 0. The maximum absolute atomic E-state index is 12.1. The Labute approximate surface area is 124 Å². The van der Waals surface area contributed by atoms with Crippen molar-refractivity contribution < 1.29 is 8.42 Å². The van der Waals surface area contributed by atoms with Gasteiger partial charge in [0.05, 0.1) is 27.7 Å². The standard InChI is InChI=1S/C14H18N4O2S/c1-9-14(15)10(2)18(16-9)12-5-7-13(8-6-12)21(19,20)17-11-3-4-11/h5-8,11,17H,3-4,15H2,1-2H3. The predicted octanol–water partition coefficient (Wildman–Crippen LogP) is 1.51. The topological polar surface area (TPSA) is 90.0 Å². The van der Waals surface area contributed by atoms with Crippen LogP contribution in [0.2, 0.25) is 0 Å². The Hall–Kier alpha value is -1.86. The van der Waals surface area contributed by atoms with E-state index in [9.17, 15) is 8.42 Å². The first-order chi connectivity index (χ1) is 9.88. The van der Waals surface area contributed by atoms with Gasteiger partial charge in [-0.15, -0.1) is 0 Å². The molecule has 1 saturated carbocycles. The molecule has 0 spiro atoms. The van der Waals surface area contributed by atoms with Crippen LogP contribution >= 0.6 is 0 Å². The van der Waals surface area contributed by atoms with Gasteiger partial charge < -0.3 is 5.73 Å². The molecule has 0 amide bonds. The van der Waals surface area contributed by atoms with Crippen molar-refractivity contribution in [3.63, 3.8) is 0 Å². The molecule has 112 valence electrons. The minimum atomic E-state index is -3.41. The van der Waals surface area contributed by atoms with Gasteiger partial charge in [0.15, 0.2) is 0 Å². The van der Waals surface area contributed by atoms with Crippen LogP contribution in [0.1, 0.15) is 24.2 Å². The molecular formula is C14H18N4O2S. The number of nitrogens with zero attached hydrogens (tertiary/aromatic N) is 2. The second-order valence-electron chi connectivity index (χ2n) is 5.39. The minimum absolute atomic E-state index is 0.102. The van der Waals surface area contributed by atoms with Gasteiger partial charge in [0, 0.05) is 6.04 Å². The molecule has 0 aliphatic heterocycles. The van der Waals surface area contributed by atoms with E-state index in [1.165, 1.54) is 0 Å². The van der Waals surface area contributed by atoms with Crippen LogP contribution in [0.5, 0.6) is 0 Å². The first-order valence-corrected chi connectivity index (χ1v) is 8.31. The van der Waals surface area contributed by atoms with Gasteiger partial charge in [0.2, 0.25) is 10.0 Å². The lowest BCUT2D eigenvalue weighted by Gasteiger charge is -2.08. The summed E-state index contributed by atoms with van der Waals surface area (Å²) < 4.78 is 28.6. The number of hydrogen-bond donors (Lipinski definition) is 2. The van der Waals surface area contributed by atoms with E-state index in [4.69, 9.17) is 5.73 Å². The van der Waals surface area contributed by atoms with Crippen molar-refractivity contribution in [3.05, 3.63) is 35.7 Å². The monoisotopic (exact) mass is 306 g/mol. The van der Waals surface area contributed by atoms with Crippen molar-refractivity contribution >= 4 is 15.7 Å². The van der Waals surface area contributed by atoms with Crippen LogP contribution < -0.4 is 10.5 Å². The average Bonchev–Trinajstić information content (AvgIpc) is 3.22. The molecule has 0 saturated heterocycles. The zero-order valence-corrected chi connectivity index (χ0v) is 12.8. The number of anilines is 1. The fourth-order valence-corrected chi connectivity index (χ4v) is 3.47. The van der Waals surface area contributed by atoms with Crippen molar-refractivity contribution in [2.75, 3.05) is 5.73 Å². The number of sulfonamides is 1. The normalized spacial score (nSPS) is 15.3. The van der Waals surface area contributed by atoms with Crippen LogP contribution in [0.3, 0.4) is 0 Å². The molecule has 3 N–H and O–H groups in total. The molecule has 0 bridgehead atoms. The molecule has 0 unspecified atom stereocenters. The highest BCUT2D eigenvalue weighted by Crippen LogP contribution is 2.23. The lowest BCUT2D eigenvalue weighted by molar-refractivity contribution is 0.581. The molecule has 6 nitrogen and oxygen atoms in total. The van der Waals surface area contributed by atoms with E-state index in [1.54, 1.807) is 28.9 Å². The number of aryl methyl sites for hydroxylation is 1. The van der Waals surface area contributed by atoms with Crippen LogP contribution in [0.25, 0.3) is 5.69 Å². The highest BCUT2D eigenvalue weighted by Gasteiger charge is 2.27. The molecule has 1 aromatic carbocycles. The van der Waals surface area contributed by atoms with E-state index in [0.29, 0.717) is 5.69 Å². The van der Waals surface area contributed by atoms with E-state index in [-0.39, 0.29) is 10.9 Å². The van der Waals surface area contributed by atoms with Crippen LogP contribution in [-0.4, -0.2) is 24.2 Å². The van der Waals surface area contributed by atoms with Crippen LogP contribution in [0.15, 0.2) is 29.2 Å². The Morgan fingerprint density at radius 3 is 2.33 bits per heavy atom. The molecule has 21 heavy (non-hydrogen) atoms. The van der Waals surface area contributed by atoms with Gasteiger partial charge in [-0.25, -0.2) is 17.8 Å². The Morgan fingerprint density at radius 2 is 1.86 bits per heavy atom. The van der Waals surface area contributed by atoms with E-state index in [0.717, 1.165) is 29.9 Å². The van der Waals surface area contributed by atoms with Crippen molar-refractivity contribution in [1.82, 2.24) is 14.5 Å². The van der Waals surface area contributed by atoms with Gasteiger partial charge in [-0.3, -0.25) is 0 Å². The predicted molar refractivity (Wildman–Crippen MR) is 80.8 cm³/mol. The van der Waals surface area contributed by atoms with Crippen molar-refractivity contribution in [3.8, 4) is 5.69 Å². The zero-order chi connectivity index (χ0) is 15.2. The molecule has 1 aliphatic rings. The smallest absolute Gasteiger partial charge is 0.240 e. The number of benzene rings is 1. The minimum Gasteiger partial charge on any atom is -0.396 e. The van der Waals surface area contributed by atoms with Crippen LogP contribution in [0, 0.1) is 13.8 Å². The quantitative estimate of drug-likeness (QED) is 0.896. The fourth-order valence-electron chi connectivity index (χ4n) is 2.16. The lowest BCUT2D eigenvalue weighted by atomic mass is 10.3. The summed E-state index contributed by atoms with van der Waals surface area (Å²) in [6, 6.07) is 6.76. The first-order valence-electron chi connectivity index (χ1n) is 6.83. The maximum atomic E-state index is 12.1. The summed E-state index contributed by atoms with van der Waals surface area (Å²) in [5.74, 6) is 0. The van der Waals surface area contributed by atoms with Crippen molar-refractivity contribution in [2.24, 2.45) is 0 Å². The van der Waals surface area contributed by atoms with Gasteiger partial charge in [-0.1, -0.05) is 0 Å². The number of aromatic nitrogens is 2. The molecule has 7 heteroatoms. The molecule has 1 fully saturated rings. The van der Waals surface area contributed by atoms with Crippen LogP contribution in [0.4, 0.5) is 5.69 Å². The molecule has 1 heterocycles. The largest absolute Gasteiger partial charge is 0.396 e. The second kappa shape index (κ2) is 4.85. The molecule has 0 radical (unpaired) electrons. The lowest BCUT2D eigenvalue weighted by Crippen LogP contribution is -2.25. The van der Waals surface area contributed by atoms with E-state index >= 15 is 0 Å². The van der Waals surface area contributed by atoms with E-state index in [2.05, 4.69) is 9.82 Å². The van der Waals surface area contributed by atoms with Crippen LogP contribution in [-0.2, 0) is 10.0 Å². The van der Waals surface area contributed by atoms with Crippen molar-refractivity contribution in [2.45, 2.75) is 37.6 Å². The van der Waals surface area contributed by atoms with Gasteiger partial charge in [0.1, 0.15) is 0 Å². The second-order valence-corrected chi connectivity index (χ2v) is 7.10. The number of hydrogen-bond acceptors (Lipinski definition) is 4. The number of nitrogens with two attached hydrogens (primary N) is 1. The summed E-state index contributed by atoms with van der Waals surface area (Å²) in [7, 11) is -3.41. The SMILES string of the molecule is Cc1nn(-c2ccc(S(=O)(=O)NC3CC3)cc2)c(C)c1N. The van der Waals surface area contributed by atoms with Gasteiger partial charge in [-0.05, 0) is 51.0 Å². The Balaban J connectivity index is 1.91. The molecule has 2 aromatic rings. The molecule has 0 atom stereocenters. The van der Waals surface area contributed by atoms with Crippen molar-refractivity contribution in [1.29, 1.82) is 0 Å². The van der Waals surface area contributed by atoms with Gasteiger partial charge in [-0.2, -0.15) is 5.10 Å². The average molecular weight is 306 g/mol. The zero-order valence-electron chi connectivity index (χ0n) is 12.0. The van der Waals surface area contributed by atoms with Gasteiger partial charge >= 0.3 is 0 Å². The summed E-state index contributed by atoms with van der Waals surface area (Å²) in [5, 5.41) is 4.36. The molecule has 1 aromatic heterocycles. The Bertz CT molecular complexity index is 774. The first kappa shape index (κ1) is 14.1. The number of nitrogen functional groups attached to an aromatic ring is 1. The van der Waals surface area contributed by atoms with E-state index < -0.39 is 10.0 Å². The third-order valence-corrected chi connectivity index (χ3v) is 5.17. The summed E-state index contributed by atoms with van der Waals surface area (Å²) in [5.41, 5.74) is 8.97. The van der Waals surface area contributed by atoms with Gasteiger partial charge in [0.25, 0.3) is 0 Å². The third-order valence-electron chi connectivity index (χ3n) is 3.64. The highest BCUT2D eigenvalue weighted by atomic mass is 32.2. The summed E-state index contributed by atoms with van der Waals surface area (Å²) in [6.45, 7) is 3.73. The summed E-state index contributed by atoms with van der Waals surface area (Å²) in [6.07, 6.45) is 1.84. The Morgan fingerprint density at radius 1 is 1.24 bits per heavy atom. The maximum Gasteiger partial charge on any atom is 0.240 e. The van der Waals surface area contributed by atoms with E-state index in [1.807, 2.05) is 13.8 Å². The number of rotatable bonds is 4. The fraction of sp³-hybridized carbons (Fsp3) is 0.357. The molecular weight excluding hydrogens is 288 g/mol. The molecule has 3 rings (SSSR count).